The molecular weight excluding hydrogens is 372 g/mol. The topological polar surface area (TPSA) is 79.9 Å². The van der Waals surface area contributed by atoms with Crippen LogP contribution in [0.25, 0.3) is 0 Å². The lowest BCUT2D eigenvalue weighted by atomic mass is 10.0. The molecule has 1 amide bonds. The Balaban J connectivity index is 1.45. The van der Waals surface area contributed by atoms with Crippen molar-refractivity contribution < 1.29 is 9.53 Å². The molecule has 0 saturated carbocycles. The van der Waals surface area contributed by atoms with Gasteiger partial charge in [-0.2, -0.15) is 0 Å². The molecule has 1 aromatic heterocycles. The summed E-state index contributed by atoms with van der Waals surface area (Å²) in [5.41, 5.74) is 3.16. The summed E-state index contributed by atoms with van der Waals surface area (Å²) in [6, 6.07) is 15.7. The zero-order valence-corrected chi connectivity index (χ0v) is 17.0. The Morgan fingerprint density at radius 3 is 2.71 bits per heavy atom. The minimum absolute atomic E-state index is 0.0940. The van der Waals surface area contributed by atoms with Crippen molar-refractivity contribution >= 4 is 23.4 Å². The van der Waals surface area contributed by atoms with Crippen molar-refractivity contribution in [2.24, 2.45) is 0 Å². The molecule has 0 atom stereocenters. The SMILES string of the molecule is Cc1cccc(NC(=O)CSc2n[nH]c(COc3ccc(C(C)C)cc3)n2)c1. The van der Waals surface area contributed by atoms with Gasteiger partial charge in [0.15, 0.2) is 5.82 Å². The number of anilines is 1. The quantitative estimate of drug-likeness (QED) is 0.546. The average molecular weight is 397 g/mol. The van der Waals surface area contributed by atoms with Crippen LogP contribution in [0.2, 0.25) is 0 Å². The van der Waals surface area contributed by atoms with Crippen LogP contribution in [0.15, 0.2) is 53.7 Å². The van der Waals surface area contributed by atoms with E-state index < -0.39 is 0 Å². The normalized spacial score (nSPS) is 10.9. The van der Waals surface area contributed by atoms with Crippen LogP contribution in [0.4, 0.5) is 5.69 Å². The fraction of sp³-hybridized carbons (Fsp3) is 0.286. The van der Waals surface area contributed by atoms with E-state index in [1.54, 1.807) is 0 Å². The second-order valence-corrected chi connectivity index (χ2v) is 7.73. The standard InChI is InChI=1S/C21H24N4O2S/c1-14(2)16-7-9-18(10-8-16)27-12-19-23-21(25-24-19)28-13-20(26)22-17-6-4-5-15(3)11-17/h4-11,14H,12-13H2,1-3H3,(H,22,26)(H,23,24,25). The van der Waals surface area contributed by atoms with Crippen LogP contribution >= 0.6 is 11.8 Å². The molecule has 7 heteroatoms. The Morgan fingerprint density at radius 2 is 2.00 bits per heavy atom. The number of nitrogens with one attached hydrogen (secondary N) is 2. The number of aromatic amines is 1. The van der Waals surface area contributed by atoms with Crippen molar-refractivity contribution in [2.75, 3.05) is 11.1 Å². The first-order valence-electron chi connectivity index (χ1n) is 9.13. The summed E-state index contributed by atoms with van der Waals surface area (Å²) >= 11 is 1.28. The summed E-state index contributed by atoms with van der Waals surface area (Å²) in [5.74, 6) is 2.04. The van der Waals surface area contributed by atoms with Crippen LogP contribution in [-0.2, 0) is 11.4 Å². The van der Waals surface area contributed by atoms with E-state index in [2.05, 4.69) is 46.5 Å². The van der Waals surface area contributed by atoms with Crippen molar-refractivity contribution in [3.8, 4) is 5.75 Å². The number of H-pyrrole nitrogens is 1. The minimum Gasteiger partial charge on any atom is -0.486 e. The second kappa shape index (κ2) is 9.41. The highest BCUT2D eigenvalue weighted by atomic mass is 32.2. The third-order valence-corrected chi connectivity index (χ3v) is 4.92. The van der Waals surface area contributed by atoms with Gasteiger partial charge in [-0.3, -0.25) is 9.89 Å². The molecule has 0 radical (unpaired) electrons. The number of ether oxygens (including phenoxy) is 1. The van der Waals surface area contributed by atoms with Crippen LogP contribution in [0.5, 0.6) is 5.75 Å². The molecule has 6 nitrogen and oxygen atoms in total. The summed E-state index contributed by atoms with van der Waals surface area (Å²) < 4.78 is 5.73. The number of thioether (sulfide) groups is 1. The maximum atomic E-state index is 12.1. The van der Waals surface area contributed by atoms with Crippen molar-refractivity contribution in [1.82, 2.24) is 15.2 Å². The number of carbonyl (C=O) groups excluding carboxylic acids is 1. The third kappa shape index (κ3) is 5.85. The lowest BCUT2D eigenvalue weighted by Gasteiger charge is -2.07. The average Bonchev–Trinajstić information content (AvgIpc) is 3.13. The zero-order valence-electron chi connectivity index (χ0n) is 16.2. The van der Waals surface area contributed by atoms with Gasteiger partial charge in [0.25, 0.3) is 0 Å². The Hall–Kier alpha value is -2.80. The van der Waals surface area contributed by atoms with E-state index >= 15 is 0 Å². The van der Waals surface area contributed by atoms with Gasteiger partial charge < -0.3 is 10.1 Å². The molecule has 0 aliphatic heterocycles. The molecule has 28 heavy (non-hydrogen) atoms. The molecule has 2 N–H and O–H groups in total. The Morgan fingerprint density at radius 1 is 1.21 bits per heavy atom. The van der Waals surface area contributed by atoms with Gasteiger partial charge in [0.2, 0.25) is 11.1 Å². The number of carbonyl (C=O) groups is 1. The van der Waals surface area contributed by atoms with Gasteiger partial charge in [-0.25, -0.2) is 4.98 Å². The Bertz CT molecular complexity index is 922. The van der Waals surface area contributed by atoms with Gasteiger partial charge in [0, 0.05) is 5.69 Å². The number of hydrogen-bond acceptors (Lipinski definition) is 5. The fourth-order valence-electron chi connectivity index (χ4n) is 2.56. The number of nitrogens with zero attached hydrogens (tertiary/aromatic N) is 2. The first-order valence-corrected chi connectivity index (χ1v) is 10.1. The Labute approximate surface area is 169 Å². The van der Waals surface area contributed by atoms with Gasteiger partial charge in [0.05, 0.1) is 5.75 Å². The van der Waals surface area contributed by atoms with E-state index in [-0.39, 0.29) is 11.7 Å². The number of aryl methyl sites for hydroxylation is 1. The summed E-state index contributed by atoms with van der Waals surface area (Å²) in [6.07, 6.45) is 0. The molecule has 3 aromatic rings. The molecule has 1 heterocycles. The van der Waals surface area contributed by atoms with E-state index in [1.807, 2.05) is 43.3 Å². The van der Waals surface area contributed by atoms with Gasteiger partial charge in [-0.05, 0) is 48.2 Å². The molecule has 0 unspecified atom stereocenters. The summed E-state index contributed by atoms with van der Waals surface area (Å²) in [6.45, 7) is 6.60. The van der Waals surface area contributed by atoms with Gasteiger partial charge in [-0.1, -0.05) is 49.9 Å². The van der Waals surface area contributed by atoms with E-state index in [9.17, 15) is 4.79 Å². The third-order valence-electron chi connectivity index (χ3n) is 4.07. The Kier molecular flexibility index (Phi) is 6.71. The highest BCUT2D eigenvalue weighted by molar-refractivity contribution is 7.99. The van der Waals surface area contributed by atoms with E-state index in [4.69, 9.17) is 4.74 Å². The lowest BCUT2D eigenvalue weighted by molar-refractivity contribution is -0.113. The predicted molar refractivity (Wildman–Crippen MR) is 112 cm³/mol. The summed E-state index contributed by atoms with van der Waals surface area (Å²) in [4.78, 5) is 16.4. The molecule has 146 valence electrons. The molecule has 0 fully saturated rings. The van der Waals surface area contributed by atoms with Crippen LogP contribution < -0.4 is 10.1 Å². The number of aromatic nitrogens is 3. The molecule has 0 saturated heterocycles. The van der Waals surface area contributed by atoms with Crippen LogP contribution in [0.1, 0.15) is 36.7 Å². The first kappa shape index (κ1) is 19.9. The van der Waals surface area contributed by atoms with Crippen molar-refractivity contribution in [2.45, 2.75) is 38.5 Å². The van der Waals surface area contributed by atoms with Gasteiger partial charge in [0.1, 0.15) is 12.4 Å². The minimum atomic E-state index is -0.0940. The lowest BCUT2D eigenvalue weighted by Crippen LogP contribution is -2.14. The van der Waals surface area contributed by atoms with Gasteiger partial charge >= 0.3 is 0 Å². The number of amides is 1. The fourth-order valence-corrected chi connectivity index (χ4v) is 3.17. The van der Waals surface area contributed by atoms with E-state index in [0.29, 0.717) is 23.5 Å². The largest absolute Gasteiger partial charge is 0.486 e. The molecular formula is C21H24N4O2S. The van der Waals surface area contributed by atoms with Gasteiger partial charge in [-0.15, -0.1) is 5.10 Å². The maximum Gasteiger partial charge on any atom is 0.234 e. The molecule has 0 aliphatic carbocycles. The zero-order chi connectivity index (χ0) is 19.9. The predicted octanol–water partition coefficient (Wildman–Crippen LogP) is 4.55. The second-order valence-electron chi connectivity index (χ2n) is 6.78. The van der Waals surface area contributed by atoms with E-state index in [1.165, 1.54) is 17.3 Å². The van der Waals surface area contributed by atoms with Crippen molar-refractivity contribution in [1.29, 1.82) is 0 Å². The summed E-state index contributed by atoms with van der Waals surface area (Å²) in [5, 5.41) is 10.4. The monoisotopic (exact) mass is 396 g/mol. The molecule has 0 aliphatic rings. The summed E-state index contributed by atoms with van der Waals surface area (Å²) in [7, 11) is 0. The first-order chi connectivity index (χ1) is 13.5. The van der Waals surface area contributed by atoms with Crippen LogP contribution in [-0.4, -0.2) is 26.8 Å². The molecule has 0 spiro atoms. The highest BCUT2D eigenvalue weighted by Crippen LogP contribution is 2.19. The maximum absolute atomic E-state index is 12.1. The van der Waals surface area contributed by atoms with E-state index in [0.717, 1.165) is 17.0 Å². The highest BCUT2D eigenvalue weighted by Gasteiger charge is 2.09. The van der Waals surface area contributed by atoms with Crippen LogP contribution in [0.3, 0.4) is 0 Å². The number of benzene rings is 2. The molecule has 3 rings (SSSR count). The number of hydrogen-bond donors (Lipinski definition) is 2. The smallest absolute Gasteiger partial charge is 0.234 e. The molecule has 0 bridgehead atoms. The molecule has 2 aromatic carbocycles. The van der Waals surface area contributed by atoms with Crippen LogP contribution in [0, 0.1) is 6.92 Å². The van der Waals surface area contributed by atoms with Crippen molar-refractivity contribution in [3.63, 3.8) is 0 Å². The van der Waals surface area contributed by atoms with Crippen molar-refractivity contribution in [3.05, 3.63) is 65.5 Å². The number of rotatable bonds is 8.